The first-order chi connectivity index (χ1) is 11.0. The van der Waals surface area contributed by atoms with Crippen LogP contribution in [0.5, 0.6) is 0 Å². The Bertz CT molecular complexity index is 785. The molecule has 0 aliphatic carbocycles. The van der Waals surface area contributed by atoms with Crippen LogP contribution in [-0.2, 0) is 13.6 Å². The third kappa shape index (κ3) is 3.39. The lowest BCUT2D eigenvalue weighted by molar-refractivity contribution is 0.544. The first kappa shape index (κ1) is 15.2. The van der Waals surface area contributed by atoms with Gasteiger partial charge in [0.05, 0.1) is 12.2 Å². The number of rotatable bonds is 5. The molecule has 3 aromatic heterocycles. The van der Waals surface area contributed by atoms with Crippen LogP contribution in [0.1, 0.15) is 18.3 Å². The number of anilines is 1. The maximum absolute atomic E-state index is 4.48. The van der Waals surface area contributed by atoms with Crippen molar-refractivity contribution in [2.75, 3.05) is 5.32 Å². The molecular weight excluding hydrogens is 290 g/mol. The summed E-state index contributed by atoms with van der Waals surface area (Å²) in [4.78, 5) is 4.27. The van der Waals surface area contributed by atoms with Gasteiger partial charge in [0.1, 0.15) is 11.5 Å². The largest absolute Gasteiger partial charge is 0.364 e. The van der Waals surface area contributed by atoms with Gasteiger partial charge in [-0.05, 0) is 39.0 Å². The van der Waals surface area contributed by atoms with Crippen LogP contribution in [-0.4, -0.2) is 35.6 Å². The third-order valence-corrected chi connectivity index (χ3v) is 3.66. The van der Waals surface area contributed by atoms with Gasteiger partial charge < -0.3 is 9.88 Å². The SMILES string of the molecule is Cc1cc(C)n(C[C@@H](C)Nc2ccc(-c3nccn3C)nn2)n1. The quantitative estimate of drug-likeness (QED) is 0.782. The maximum atomic E-state index is 4.48. The lowest BCUT2D eigenvalue weighted by Crippen LogP contribution is -2.24. The Balaban J connectivity index is 1.66. The molecule has 0 aliphatic heterocycles. The fourth-order valence-electron chi connectivity index (χ4n) is 2.56. The molecule has 0 saturated carbocycles. The Morgan fingerprint density at radius 1 is 1.22 bits per heavy atom. The van der Waals surface area contributed by atoms with Gasteiger partial charge in [-0.25, -0.2) is 4.98 Å². The van der Waals surface area contributed by atoms with Crippen molar-refractivity contribution in [2.24, 2.45) is 7.05 Å². The van der Waals surface area contributed by atoms with E-state index >= 15 is 0 Å². The predicted octanol–water partition coefficient (Wildman–Crippen LogP) is 2.19. The average molecular weight is 311 g/mol. The molecule has 7 heteroatoms. The molecule has 3 rings (SSSR count). The predicted molar refractivity (Wildman–Crippen MR) is 89.0 cm³/mol. The van der Waals surface area contributed by atoms with E-state index in [1.165, 1.54) is 0 Å². The van der Waals surface area contributed by atoms with Crippen LogP contribution in [0.3, 0.4) is 0 Å². The second kappa shape index (κ2) is 6.20. The van der Waals surface area contributed by atoms with E-state index in [2.05, 4.69) is 45.5 Å². The second-order valence-corrected chi connectivity index (χ2v) is 5.82. The van der Waals surface area contributed by atoms with Crippen molar-refractivity contribution in [2.45, 2.75) is 33.4 Å². The van der Waals surface area contributed by atoms with Gasteiger partial charge in [-0.1, -0.05) is 0 Å². The molecule has 0 spiro atoms. The van der Waals surface area contributed by atoms with Crippen molar-refractivity contribution in [1.29, 1.82) is 0 Å². The topological polar surface area (TPSA) is 73.5 Å². The number of hydrogen-bond donors (Lipinski definition) is 1. The van der Waals surface area contributed by atoms with Crippen LogP contribution >= 0.6 is 0 Å². The van der Waals surface area contributed by atoms with Gasteiger partial charge in [0.15, 0.2) is 5.82 Å². The highest BCUT2D eigenvalue weighted by Gasteiger charge is 2.09. The van der Waals surface area contributed by atoms with E-state index in [0.717, 1.165) is 35.3 Å². The minimum absolute atomic E-state index is 0.196. The van der Waals surface area contributed by atoms with Gasteiger partial charge in [0.2, 0.25) is 0 Å². The van der Waals surface area contributed by atoms with E-state index in [-0.39, 0.29) is 6.04 Å². The molecule has 0 aromatic carbocycles. The number of aromatic nitrogens is 6. The van der Waals surface area contributed by atoms with Gasteiger partial charge in [-0.2, -0.15) is 5.10 Å². The summed E-state index contributed by atoms with van der Waals surface area (Å²) in [6.45, 7) is 6.95. The fourth-order valence-corrected chi connectivity index (χ4v) is 2.56. The van der Waals surface area contributed by atoms with Crippen molar-refractivity contribution in [3.8, 4) is 11.5 Å². The normalized spacial score (nSPS) is 12.3. The molecule has 1 atom stereocenters. The molecule has 7 nitrogen and oxygen atoms in total. The van der Waals surface area contributed by atoms with E-state index in [1.54, 1.807) is 6.20 Å². The van der Waals surface area contributed by atoms with Crippen LogP contribution in [0.15, 0.2) is 30.6 Å². The van der Waals surface area contributed by atoms with Crippen LogP contribution in [0, 0.1) is 13.8 Å². The lowest BCUT2D eigenvalue weighted by Gasteiger charge is -2.15. The van der Waals surface area contributed by atoms with Crippen LogP contribution in [0.2, 0.25) is 0 Å². The molecule has 0 aliphatic rings. The van der Waals surface area contributed by atoms with Crippen molar-refractivity contribution in [1.82, 2.24) is 29.5 Å². The van der Waals surface area contributed by atoms with Crippen molar-refractivity contribution >= 4 is 5.82 Å². The van der Waals surface area contributed by atoms with Crippen LogP contribution < -0.4 is 5.32 Å². The first-order valence-electron chi connectivity index (χ1n) is 7.62. The Kier molecular flexibility index (Phi) is 4.10. The summed E-state index contributed by atoms with van der Waals surface area (Å²) in [6.07, 6.45) is 3.64. The van der Waals surface area contributed by atoms with Crippen molar-refractivity contribution in [3.63, 3.8) is 0 Å². The first-order valence-corrected chi connectivity index (χ1v) is 7.62. The number of hydrogen-bond acceptors (Lipinski definition) is 5. The molecule has 3 aromatic rings. The summed E-state index contributed by atoms with van der Waals surface area (Å²) < 4.78 is 3.92. The van der Waals surface area contributed by atoms with Crippen LogP contribution in [0.25, 0.3) is 11.5 Å². The molecule has 0 bridgehead atoms. The van der Waals surface area contributed by atoms with Gasteiger partial charge in [-0.3, -0.25) is 4.68 Å². The highest BCUT2D eigenvalue weighted by molar-refractivity contribution is 5.51. The maximum Gasteiger partial charge on any atom is 0.160 e. The highest BCUT2D eigenvalue weighted by atomic mass is 15.3. The lowest BCUT2D eigenvalue weighted by atomic mass is 10.3. The van der Waals surface area contributed by atoms with Crippen molar-refractivity contribution in [3.05, 3.63) is 42.0 Å². The average Bonchev–Trinajstić information content (AvgIpc) is 3.06. The number of nitrogens with zero attached hydrogens (tertiary/aromatic N) is 6. The standard InChI is InChI=1S/C16H21N7/c1-11-9-13(3)23(21-11)10-12(2)18-15-6-5-14(19-20-15)16-17-7-8-22(16)4/h5-9,12H,10H2,1-4H3,(H,18,20)/t12-/m1/s1. The van der Waals surface area contributed by atoms with Crippen molar-refractivity contribution < 1.29 is 0 Å². The molecule has 0 unspecified atom stereocenters. The number of aryl methyl sites for hydroxylation is 3. The zero-order valence-corrected chi connectivity index (χ0v) is 13.9. The molecule has 0 saturated heterocycles. The molecule has 1 N–H and O–H groups in total. The molecule has 0 fully saturated rings. The number of nitrogens with one attached hydrogen (secondary N) is 1. The minimum Gasteiger partial charge on any atom is -0.364 e. The summed E-state index contributed by atoms with van der Waals surface area (Å²) >= 11 is 0. The molecule has 0 radical (unpaired) electrons. The summed E-state index contributed by atoms with van der Waals surface area (Å²) in [5.74, 6) is 1.55. The minimum atomic E-state index is 0.196. The molecule has 0 amide bonds. The summed E-state index contributed by atoms with van der Waals surface area (Å²) in [6, 6.07) is 6.12. The Hall–Kier alpha value is -2.70. The highest BCUT2D eigenvalue weighted by Crippen LogP contribution is 2.14. The Labute approximate surface area is 135 Å². The van der Waals surface area contributed by atoms with Crippen LogP contribution in [0.4, 0.5) is 5.82 Å². The Morgan fingerprint density at radius 3 is 2.61 bits per heavy atom. The summed E-state index contributed by atoms with van der Waals surface area (Å²) in [5, 5.41) is 16.3. The summed E-state index contributed by atoms with van der Waals surface area (Å²) in [5.41, 5.74) is 2.95. The van der Waals surface area contributed by atoms with E-state index in [0.29, 0.717) is 0 Å². The Morgan fingerprint density at radius 2 is 2.04 bits per heavy atom. The number of imidazole rings is 1. The van der Waals surface area contributed by atoms with E-state index < -0.39 is 0 Å². The smallest absolute Gasteiger partial charge is 0.160 e. The van der Waals surface area contributed by atoms with Gasteiger partial charge in [0, 0.05) is 31.2 Å². The molecular formula is C16H21N7. The van der Waals surface area contributed by atoms with E-state index in [4.69, 9.17) is 0 Å². The third-order valence-electron chi connectivity index (χ3n) is 3.66. The van der Waals surface area contributed by atoms with Gasteiger partial charge in [-0.15, -0.1) is 10.2 Å². The molecule has 120 valence electrons. The van der Waals surface area contributed by atoms with E-state index in [9.17, 15) is 0 Å². The molecule has 23 heavy (non-hydrogen) atoms. The summed E-state index contributed by atoms with van der Waals surface area (Å²) in [7, 11) is 1.94. The fraction of sp³-hybridized carbons (Fsp3) is 0.375. The monoisotopic (exact) mass is 311 g/mol. The van der Waals surface area contributed by atoms with E-state index in [1.807, 2.05) is 41.5 Å². The van der Waals surface area contributed by atoms with Gasteiger partial charge >= 0.3 is 0 Å². The second-order valence-electron chi connectivity index (χ2n) is 5.82. The molecule has 3 heterocycles. The zero-order chi connectivity index (χ0) is 16.4. The zero-order valence-electron chi connectivity index (χ0n) is 13.9. The van der Waals surface area contributed by atoms with Gasteiger partial charge in [0.25, 0.3) is 0 Å².